The van der Waals surface area contributed by atoms with Crippen LogP contribution in [0.25, 0.3) is 0 Å². The minimum Gasteiger partial charge on any atom is -0.481 e. The van der Waals surface area contributed by atoms with Gasteiger partial charge in [-0.3, -0.25) is 0 Å². The lowest BCUT2D eigenvalue weighted by atomic mass is 10.1. The normalized spacial score (nSPS) is 28.5. The smallest absolute Gasteiger partial charge is 0.228 e. The molecule has 4 rings (SSSR count). The van der Waals surface area contributed by atoms with Crippen molar-refractivity contribution in [3.63, 3.8) is 0 Å². The van der Waals surface area contributed by atoms with Crippen molar-refractivity contribution in [3.8, 4) is 5.88 Å². The van der Waals surface area contributed by atoms with Crippen LogP contribution in [0, 0.1) is 5.92 Å². The number of fused-ring (bicyclic) bond motifs is 3. The molecular weight excluding hydrogens is 332 g/mol. The van der Waals surface area contributed by atoms with Gasteiger partial charge in [0.15, 0.2) is 0 Å². The number of hydrogen-bond donors (Lipinski definition) is 0. The molecule has 8 nitrogen and oxygen atoms in total. The molecule has 1 aromatic heterocycles. The molecule has 3 aliphatic rings. The molecule has 1 aliphatic carbocycles. The van der Waals surface area contributed by atoms with Gasteiger partial charge in [-0.2, -0.15) is 9.29 Å². The zero-order chi connectivity index (χ0) is 16.7. The standard InChI is InChI=1S/C15H22N4O4S/c1-22-14-4-5-16-15(17-14)19-7-11-6-18(8-12(19)10-23-9-11)24(20,21)13-2-3-13/h4-5,11-13H,2-3,6-10H2,1H3/t11-,12-/m0/s1. The number of ether oxygens (including phenoxy) is 2. The maximum atomic E-state index is 12.7. The first-order valence-corrected chi connectivity index (χ1v) is 9.78. The Hall–Kier alpha value is -1.45. The van der Waals surface area contributed by atoms with E-state index in [2.05, 4.69) is 14.9 Å². The second-order valence-electron chi connectivity index (χ2n) is 6.67. The number of nitrogens with zero attached hydrogens (tertiary/aromatic N) is 4. The van der Waals surface area contributed by atoms with Crippen molar-refractivity contribution < 1.29 is 17.9 Å². The summed E-state index contributed by atoms with van der Waals surface area (Å²) < 4.78 is 38.0. The minimum absolute atomic E-state index is 0.0851. The van der Waals surface area contributed by atoms with Crippen LogP contribution in [-0.4, -0.2) is 73.9 Å². The second-order valence-corrected chi connectivity index (χ2v) is 8.88. The lowest BCUT2D eigenvalue weighted by Crippen LogP contribution is -2.47. The van der Waals surface area contributed by atoms with Crippen molar-refractivity contribution in [2.24, 2.45) is 5.92 Å². The van der Waals surface area contributed by atoms with E-state index < -0.39 is 10.0 Å². The molecule has 0 aromatic carbocycles. The van der Waals surface area contributed by atoms with Crippen LogP contribution in [0.3, 0.4) is 0 Å². The average molecular weight is 354 g/mol. The molecule has 9 heteroatoms. The number of rotatable bonds is 4. The van der Waals surface area contributed by atoms with Crippen LogP contribution in [0.15, 0.2) is 12.3 Å². The Kier molecular flexibility index (Phi) is 4.09. The van der Waals surface area contributed by atoms with Crippen molar-refractivity contribution in [1.29, 1.82) is 0 Å². The van der Waals surface area contributed by atoms with Gasteiger partial charge < -0.3 is 14.4 Å². The largest absolute Gasteiger partial charge is 0.481 e. The van der Waals surface area contributed by atoms with Crippen LogP contribution in [-0.2, 0) is 14.8 Å². The number of anilines is 1. The van der Waals surface area contributed by atoms with Crippen LogP contribution < -0.4 is 9.64 Å². The van der Waals surface area contributed by atoms with E-state index >= 15 is 0 Å². The van der Waals surface area contributed by atoms with E-state index in [4.69, 9.17) is 9.47 Å². The molecule has 3 heterocycles. The number of aromatic nitrogens is 2. The number of hydrogen-bond acceptors (Lipinski definition) is 7. The van der Waals surface area contributed by atoms with E-state index in [0.29, 0.717) is 44.7 Å². The summed E-state index contributed by atoms with van der Waals surface area (Å²) >= 11 is 0. The molecule has 2 aliphatic heterocycles. The molecule has 0 spiro atoms. The Labute approximate surface area is 141 Å². The van der Waals surface area contributed by atoms with Crippen LogP contribution in [0.1, 0.15) is 12.8 Å². The Balaban J connectivity index is 1.63. The molecule has 0 N–H and O–H groups in total. The van der Waals surface area contributed by atoms with Crippen LogP contribution in [0.4, 0.5) is 5.95 Å². The summed E-state index contributed by atoms with van der Waals surface area (Å²) in [5.74, 6) is 1.18. The van der Waals surface area contributed by atoms with E-state index in [-0.39, 0.29) is 17.2 Å². The quantitative estimate of drug-likeness (QED) is 0.759. The summed E-state index contributed by atoms with van der Waals surface area (Å²) in [4.78, 5) is 10.9. The third kappa shape index (κ3) is 2.96. The van der Waals surface area contributed by atoms with E-state index in [0.717, 1.165) is 12.8 Å². The first-order valence-electron chi connectivity index (χ1n) is 8.28. The fraction of sp³-hybridized carbons (Fsp3) is 0.733. The SMILES string of the molecule is COc1ccnc(N2C[C@H]3COC[C@@H]2CN(S(=O)(=O)C2CC2)C3)n1. The molecule has 3 fully saturated rings. The van der Waals surface area contributed by atoms with Gasteiger partial charge in [-0.1, -0.05) is 0 Å². The highest BCUT2D eigenvalue weighted by molar-refractivity contribution is 7.90. The molecule has 2 saturated heterocycles. The Bertz CT molecular complexity index is 709. The van der Waals surface area contributed by atoms with Crippen LogP contribution >= 0.6 is 0 Å². The highest BCUT2D eigenvalue weighted by atomic mass is 32.2. The molecule has 1 aromatic rings. The van der Waals surface area contributed by atoms with Gasteiger partial charge in [0.1, 0.15) is 0 Å². The van der Waals surface area contributed by atoms with Gasteiger partial charge in [0.2, 0.25) is 21.9 Å². The van der Waals surface area contributed by atoms with Crippen molar-refractivity contribution in [1.82, 2.24) is 14.3 Å². The first kappa shape index (κ1) is 16.0. The Morgan fingerprint density at radius 3 is 2.83 bits per heavy atom. The summed E-state index contributed by atoms with van der Waals surface area (Å²) in [5.41, 5.74) is 0. The van der Waals surface area contributed by atoms with Crippen molar-refractivity contribution >= 4 is 16.0 Å². The maximum Gasteiger partial charge on any atom is 0.228 e. The Morgan fingerprint density at radius 2 is 2.08 bits per heavy atom. The van der Waals surface area contributed by atoms with Crippen LogP contribution in [0.2, 0.25) is 0 Å². The molecule has 0 radical (unpaired) electrons. The molecule has 2 atom stereocenters. The van der Waals surface area contributed by atoms with E-state index in [1.807, 2.05) is 0 Å². The maximum absolute atomic E-state index is 12.7. The fourth-order valence-electron chi connectivity index (χ4n) is 3.41. The zero-order valence-electron chi connectivity index (χ0n) is 13.7. The van der Waals surface area contributed by atoms with E-state index in [1.165, 1.54) is 0 Å². The lowest BCUT2D eigenvalue weighted by Gasteiger charge is -2.30. The van der Waals surface area contributed by atoms with Crippen LogP contribution in [0.5, 0.6) is 5.88 Å². The van der Waals surface area contributed by atoms with Crippen molar-refractivity contribution in [2.75, 3.05) is 44.9 Å². The molecule has 24 heavy (non-hydrogen) atoms. The Morgan fingerprint density at radius 1 is 1.25 bits per heavy atom. The zero-order valence-corrected chi connectivity index (χ0v) is 14.5. The van der Waals surface area contributed by atoms with Gasteiger partial charge in [-0.25, -0.2) is 13.4 Å². The topological polar surface area (TPSA) is 84.9 Å². The highest BCUT2D eigenvalue weighted by Gasteiger charge is 2.45. The van der Waals surface area contributed by atoms with Gasteiger partial charge in [0.05, 0.1) is 31.6 Å². The van der Waals surface area contributed by atoms with Crippen molar-refractivity contribution in [2.45, 2.75) is 24.1 Å². The average Bonchev–Trinajstić information content (AvgIpc) is 3.40. The third-order valence-electron chi connectivity index (χ3n) is 4.82. The second kappa shape index (κ2) is 6.12. The molecule has 2 bridgehead atoms. The van der Waals surface area contributed by atoms with Crippen molar-refractivity contribution in [3.05, 3.63) is 12.3 Å². The van der Waals surface area contributed by atoms with E-state index in [9.17, 15) is 8.42 Å². The predicted molar refractivity (Wildman–Crippen MR) is 87.5 cm³/mol. The number of methoxy groups -OCH3 is 1. The van der Waals surface area contributed by atoms with Gasteiger partial charge in [-0.05, 0) is 12.8 Å². The molecular formula is C15H22N4O4S. The molecule has 1 saturated carbocycles. The van der Waals surface area contributed by atoms with E-state index in [1.54, 1.807) is 23.7 Å². The lowest BCUT2D eigenvalue weighted by molar-refractivity contribution is 0.0840. The predicted octanol–water partition coefficient (Wildman–Crippen LogP) is 0.114. The highest BCUT2D eigenvalue weighted by Crippen LogP contribution is 2.34. The fourth-order valence-corrected chi connectivity index (χ4v) is 5.37. The summed E-state index contributed by atoms with van der Waals surface area (Å²) in [6, 6.07) is 1.62. The molecule has 0 amide bonds. The van der Waals surface area contributed by atoms with Gasteiger partial charge in [-0.15, -0.1) is 0 Å². The third-order valence-corrected chi connectivity index (χ3v) is 7.16. The number of sulfonamides is 1. The minimum atomic E-state index is -3.19. The van der Waals surface area contributed by atoms with Gasteiger partial charge >= 0.3 is 0 Å². The molecule has 0 unspecified atom stereocenters. The first-order chi connectivity index (χ1) is 11.6. The molecule has 132 valence electrons. The summed E-state index contributed by atoms with van der Waals surface area (Å²) in [5, 5.41) is -0.182. The van der Waals surface area contributed by atoms with Gasteiger partial charge in [0, 0.05) is 37.8 Å². The monoisotopic (exact) mass is 354 g/mol. The summed E-state index contributed by atoms with van der Waals surface area (Å²) in [6.07, 6.45) is 3.23. The summed E-state index contributed by atoms with van der Waals surface area (Å²) in [7, 11) is -1.62. The summed E-state index contributed by atoms with van der Waals surface area (Å²) in [6.45, 7) is 2.67. The van der Waals surface area contributed by atoms with Gasteiger partial charge in [0.25, 0.3) is 0 Å².